The molecule has 4 heterocycles. The molecule has 0 aromatic heterocycles. The topological polar surface area (TPSA) is 427 Å². The largest absolute Gasteiger partial charge is 0.479 e. The van der Waals surface area contributed by atoms with Crippen LogP contribution >= 0.6 is 0 Å². The first-order chi connectivity index (χ1) is 40.2. The zero-order valence-corrected chi connectivity index (χ0v) is 50.1. The summed E-state index contributed by atoms with van der Waals surface area (Å²) in [6.45, 7) is 13.9. The molecule has 490 valence electrons. The third-order valence-electron chi connectivity index (χ3n) is 22.4. The van der Waals surface area contributed by atoms with Crippen LogP contribution in [0.15, 0.2) is 23.3 Å². The molecule has 0 amide bonds. The van der Waals surface area contributed by atoms with Crippen LogP contribution in [0.3, 0.4) is 0 Å². The minimum atomic E-state index is -2.26. The van der Waals surface area contributed by atoms with E-state index in [1.807, 2.05) is 20.8 Å². The Morgan fingerprint density at radius 3 is 1.93 bits per heavy atom. The summed E-state index contributed by atoms with van der Waals surface area (Å²) in [4.78, 5) is 39.1. The molecule has 27 heteroatoms. The molecular formula is C59H92O27. The van der Waals surface area contributed by atoms with Gasteiger partial charge in [0, 0.05) is 23.3 Å². The van der Waals surface area contributed by atoms with E-state index in [1.54, 1.807) is 19.9 Å². The first kappa shape index (κ1) is 67.4. The van der Waals surface area contributed by atoms with Crippen molar-refractivity contribution >= 4 is 17.9 Å². The molecule has 4 saturated heterocycles. The lowest BCUT2D eigenvalue weighted by molar-refractivity contribution is -0.400. The van der Waals surface area contributed by atoms with E-state index in [4.69, 9.17) is 47.4 Å². The summed E-state index contributed by atoms with van der Waals surface area (Å²) in [5.74, 6) is -3.96. The number of carbonyl (C=O) groups is 3. The van der Waals surface area contributed by atoms with Gasteiger partial charge in [0.15, 0.2) is 31.3 Å². The third-order valence-corrected chi connectivity index (χ3v) is 22.4. The quantitative estimate of drug-likeness (QED) is 0.0357. The first-order valence-corrected chi connectivity index (χ1v) is 30.0. The predicted octanol–water partition coefficient (Wildman–Crippen LogP) is -2.22. The molecule has 0 radical (unpaired) electrons. The smallest absolute Gasteiger partial charge is 0.335 e. The summed E-state index contributed by atoms with van der Waals surface area (Å²) in [5.41, 5.74) is -4.00. The maximum absolute atomic E-state index is 13.4. The highest BCUT2D eigenvalue weighted by molar-refractivity contribution is 5.87. The summed E-state index contributed by atoms with van der Waals surface area (Å²) in [6, 6.07) is 0. The van der Waals surface area contributed by atoms with Gasteiger partial charge in [0.2, 0.25) is 0 Å². The number of aliphatic hydroxyl groups excluding tert-OH is 13. The highest BCUT2D eigenvalue weighted by Crippen LogP contribution is 2.76. The maximum atomic E-state index is 13.4. The van der Waals surface area contributed by atoms with Gasteiger partial charge >= 0.3 is 17.9 Å². The average Bonchev–Trinajstić information content (AvgIpc) is 0.672. The maximum Gasteiger partial charge on any atom is 0.335 e. The lowest BCUT2D eigenvalue weighted by atomic mass is 9.33. The highest BCUT2D eigenvalue weighted by Gasteiger charge is 2.74. The lowest BCUT2D eigenvalue weighted by Gasteiger charge is -2.72. The van der Waals surface area contributed by atoms with Gasteiger partial charge in [-0.25, -0.2) is 9.59 Å². The number of hydrogen-bond donors (Lipinski definition) is 14. The number of allylic oxidation sites excluding steroid dienone is 3. The summed E-state index contributed by atoms with van der Waals surface area (Å²) in [5, 5.41) is 157. The first-order valence-electron chi connectivity index (χ1n) is 30.0. The van der Waals surface area contributed by atoms with E-state index in [0.717, 1.165) is 5.57 Å². The van der Waals surface area contributed by atoms with E-state index in [2.05, 4.69) is 26.8 Å². The van der Waals surface area contributed by atoms with E-state index in [0.29, 0.717) is 37.7 Å². The zero-order chi connectivity index (χ0) is 63.3. The second-order valence-electron chi connectivity index (χ2n) is 27.5. The van der Waals surface area contributed by atoms with Crippen LogP contribution in [0.4, 0.5) is 0 Å². The van der Waals surface area contributed by atoms with Crippen LogP contribution in [0.2, 0.25) is 0 Å². The Kier molecular flexibility index (Phi) is 19.5. The normalized spacial score (nSPS) is 51.2. The van der Waals surface area contributed by atoms with Gasteiger partial charge in [-0.05, 0) is 92.8 Å². The summed E-state index contributed by atoms with van der Waals surface area (Å²) in [7, 11) is 0. The molecule has 0 aromatic rings. The van der Waals surface area contributed by atoms with E-state index in [1.165, 1.54) is 6.92 Å². The van der Waals surface area contributed by atoms with Gasteiger partial charge in [0.25, 0.3) is 0 Å². The minimum Gasteiger partial charge on any atom is -0.479 e. The Labute approximate surface area is 498 Å². The fraction of sp³-hybridized carbons (Fsp3) is 0.881. The van der Waals surface area contributed by atoms with E-state index < -0.39 is 218 Å². The van der Waals surface area contributed by atoms with Crippen molar-refractivity contribution in [2.45, 2.75) is 242 Å². The van der Waals surface area contributed by atoms with Gasteiger partial charge < -0.3 is 119 Å². The van der Waals surface area contributed by atoms with Crippen molar-refractivity contribution in [3.63, 3.8) is 0 Å². The number of carboxylic acids is 1. The molecule has 4 aliphatic heterocycles. The van der Waals surface area contributed by atoms with Gasteiger partial charge in [-0.2, -0.15) is 0 Å². The standard InChI is InChI=1S/C59H92O27/c1-10-24(2)49(76)86-47-46(73)59(23-79-25(3)62)27(17-54(47,4)5)26-11-12-32-55(6)15-14-34(56(7,22-61)31(55)13-16-57(32,8)58(26,9)18-33(59)65)81-53-45(85-51-40(71)38(69)37(68)30(19-60)80-51)42(41(72)43(83-53)48(74)75)82-52-44(36(67)29(64)21-78-52)84-50-39(70)35(66)28(63)20-77-50/h10-11,27-47,50-53,60-61,63-73H,12-23H2,1-9H3,(H,74,75)/b24-10-/t27?,28-,29+,30-,31?,32?,33-,34+,35+,36+,37+,38+,39-,40-,41+,42+,43+,44-,45-,46+,47+,50+,51-,52+,53-,55+,56+,57-,58-,59+/m1/s1. The fourth-order valence-electron chi connectivity index (χ4n) is 17.0. The average molecular weight is 1230 g/mol. The van der Waals surface area contributed by atoms with Crippen LogP contribution in [0.1, 0.15) is 107 Å². The summed E-state index contributed by atoms with van der Waals surface area (Å²) < 4.78 is 60.2. The van der Waals surface area contributed by atoms with Crippen molar-refractivity contribution in [3.05, 3.63) is 23.3 Å². The van der Waals surface area contributed by atoms with Crippen molar-refractivity contribution in [2.75, 3.05) is 33.0 Å². The van der Waals surface area contributed by atoms with E-state index in [9.17, 15) is 85.9 Å². The van der Waals surface area contributed by atoms with Gasteiger partial charge in [0.05, 0.1) is 44.1 Å². The van der Waals surface area contributed by atoms with Crippen molar-refractivity contribution in [3.8, 4) is 0 Å². The van der Waals surface area contributed by atoms with Gasteiger partial charge in [-0.15, -0.1) is 0 Å². The molecule has 8 fully saturated rings. The molecular weight excluding hydrogens is 1140 g/mol. The number of fused-ring (bicyclic) bond motifs is 7. The molecule has 27 nitrogen and oxygen atoms in total. The number of ether oxygens (including phenoxy) is 10. The molecule has 0 spiro atoms. The number of carbonyl (C=O) groups excluding carboxylic acids is 2. The molecule has 9 aliphatic rings. The molecule has 0 aromatic carbocycles. The van der Waals surface area contributed by atoms with Gasteiger partial charge in [-0.3, -0.25) is 4.79 Å². The summed E-state index contributed by atoms with van der Waals surface area (Å²) in [6.07, 6.45) is -32.7. The number of esters is 2. The van der Waals surface area contributed by atoms with Crippen LogP contribution in [-0.4, -0.2) is 257 Å². The predicted molar refractivity (Wildman–Crippen MR) is 290 cm³/mol. The zero-order valence-electron chi connectivity index (χ0n) is 50.1. The Hall–Kier alpha value is -2.95. The molecule has 3 unspecified atom stereocenters. The Balaban J connectivity index is 1.05. The van der Waals surface area contributed by atoms with Crippen LogP contribution < -0.4 is 0 Å². The molecule has 4 saturated carbocycles. The van der Waals surface area contributed by atoms with Crippen molar-refractivity contribution in [1.29, 1.82) is 0 Å². The van der Waals surface area contributed by atoms with Crippen LogP contribution in [-0.2, 0) is 61.8 Å². The molecule has 30 atom stereocenters. The molecule has 86 heavy (non-hydrogen) atoms. The second-order valence-corrected chi connectivity index (χ2v) is 27.5. The Morgan fingerprint density at radius 1 is 0.674 bits per heavy atom. The Bertz CT molecular complexity index is 2510. The van der Waals surface area contributed by atoms with E-state index in [-0.39, 0.29) is 31.3 Å². The summed E-state index contributed by atoms with van der Waals surface area (Å²) >= 11 is 0. The SMILES string of the molecule is C/C=C(/C)C(=O)O[C@H]1[C@H](O)[C@@]2(COC(C)=O)C(CC1(C)C)C1=CCC3[C@@]4(C)CC[C@H](O[C@@H]5O[C@H](C(=O)O)[C@@H](O)[C@H](O[C@@H]6OC[C@H](O)[C@H](O)[C@H]6O[C@@H]6OC[C@@H](O)[C@H](O)[C@H]6O)[C@H]5O[C@H]5O[C@H](CO)[C@H](O)[C@H](O)[C@H]5O)[C@@](C)(CO)C4CC[C@@]3(C)[C@]1(C)C[C@H]2O. The monoisotopic (exact) mass is 1230 g/mol. The Morgan fingerprint density at radius 2 is 1.30 bits per heavy atom. The van der Waals surface area contributed by atoms with Crippen LogP contribution in [0.25, 0.3) is 0 Å². The van der Waals surface area contributed by atoms with Crippen LogP contribution in [0, 0.1) is 50.2 Å². The molecule has 9 rings (SSSR count). The number of rotatable bonds is 15. The van der Waals surface area contributed by atoms with Crippen LogP contribution in [0.5, 0.6) is 0 Å². The van der Waals surface area contributed by atoms with Gasteiger partial charge in [-0.1, -0.05) is 59.3 Å². The third kappa shape index (κ3) is 11.1. The highest BCUT2D eigenvalue weighted by atomic mass is 16.8. The number of carboxylic acid groups (broad SMARTS) is 1. The van der Waals surface area contributed by atoms with Crippen molar-refractivity contribution in [2.24, 2.45) is 50.2 Å². The molecule has 5 aliphatic carbocycles. The number of aliphatic carboxylic acids is 1. The van der Waals surface area contributed by atoms with Crippen molar-refractivity contribution in [1.82, 2.24) is 0 Å². The van der Waals surface area contributed by atoms with Gasteiger partial charge in [0.1, 0.15) is 98.2 Å². The number of aliphatic hydroxyl groups is 13. The number of hydrogen-bond acceptors (Lipinski definition) is 26. The fourth-order valence-corrected chi connectivity index (χ4v) is 17.0. The molecule has 0 bridgehead atoms. The lowest BCUT2D eigenvalue weighted by Crippen LogP contribution is -2.72. The minimum absolute atomic E-state index is 0.118. The van der Waals surface area contributed by atoms with E-state index >= 15 is 0 Å². The molecule has 14 N–H and O–H groups in total. The second kappa shape index (κ2) is 24.9. The van der Waals surface area contributed by atoms with Crippen molar-refractivity contribution < 1.29 is 133 Å².